The van der Waals surface area contributed by atoms with Gasteiger partial charge in [0.25, 0.3) is 0 Å². The van der Waals surface area contributed by atoms with Crippen LogP contribution in [0, 0.1) is 6.92 Å². The van der Waals surface area contributed by atoms with Crippen LogP contribution in [0.3, 0.4) is 0 Å². The summed E-state index contributed by atoms with van der Waals surface area (Å²) < 4.78 is 5.45. The van der Waals surface area contributed by atoms with Crippen LogP contribution in [0.2, 0.25) is 0 Å². The van der Waals surface area contributed by atoms with Crippen molar-refractivity contribution >= 4 is 11.3 Å². The second kappa shape index (κ2) is 9.22. The first kappa shape index (κ1) is 15.3. The molecular formula is C13H22N2O2S. The molecule has 0 bridgehead atoms. The molecule has 1 aromatic heterocycles. The van der Waals surface area contributed by atoms with E-state index < -0.39 is 6.10 Å². The van der Waals surface area contributed by atoms with Crippen molar-refractivity contribution in [3.8, 4) is 0 Å². The van der Waals surface area contributed by atoms with Crippen molar-refractivity contribution in [2.24, 2.45) is 0 Å². The fraction of sp³-hybridized carbons (Fsp3) is 0.615. The van der Waals surface area contributed by atoms with Gasteiger partial charge in [-0.25, -0.2) is 4.98 Å². The molecule has 4 nitrogen and oxygen atoms in total. The quantitative estimate of drug-likeness (QED) is 0.500. The molecule has 5 heteroatoms. The van der Waals surface area contributed by atoms with Crippen LogP contribution in [0.4, 0.5) is 0 Å². The molecule has 0 fully saturated rings. The topological polar surface area (TPSA) is 54.4 Å². The average Bonchev–Trinajstić information content (AvgIpc) is 2.76. The van der Waals surface area contributed by atoms with E-state index in [1.165, 1.54) is 4.88 Å². The highest BCUT2D eigenvalue weighted by atomic mass is 32.1. The van der Waals surface area contributed by atoms with Gasteiger partial charge in [-0.2, -0.15) is 0 Å². The highest BCUT2D eigenvalue weighted by molar-refractivity contribution is 7.09. The third-order valence-electron chi connectivity index (χ3n) is 2.53. The van der Waals surface area contributed by atoms with Crippen molar-refractivity contribution in [1.29, 1.82) is 0 Å². The van der Waals surface area contributed by atoms with E-state index >= 15 is 0 Å². The summed E-state index contributed by atoms with van der Waals surface area (Å²) in [6.07, 6.45) is 3.19. The first-order valence-electron chi connectivity index (χ1n) is 6.20. The third kappa shape index (κ3) is 6.26. The molecule has 1 unspecified atom stereocenters. The molecule has 1 aromatic rings. The number of hydrogen-bond donors (Lipinski definition) is 2. The summed E-state index contributed by atoms with van der Waals surface area (Å²) in [5, 5.41) is 12.8. The lowest BCUT2D eigenvalue weighted by molar-refractivity contribution is 0.0387. The molecule has 0 spiro atoms. The van der Waals surface area contributed by atoms with Gasteiger partial charge in [0.1, 0.15) is 0 Å². The Labute approximate surface area is 113 Å². The molecule has 1 atom stereocenters. The minimum atomic E-state index is -0.447. The Morgan fingerprint density at radius 3 is 3.17 bits per heavy atom. The van der Waals surface area contributed by atoms with Crippen molar-refractivity contribution in [2.45, 2.75) is 25.9 Å². The normalized spacial score (nSPS) is 12.6. The van der Waals surface area contributed by atoms with Crippen molar-refractivity contribution in [2.75, 3.05) is 26.3 Å². The summed E-state index contributed by atoms with van der Waals surface area (Å²) in [5.41, 5.74) is 2.93. The maximum Gasteiger partial charge on any atom is 0.0897 e. The first-order valence-corrected chi connectivity index (χ1v) is 7.08. The number of nitrogens with one attached hydrogen (secondary N) is 1. The third-order valence-corrected chi connectivity index (χ3v) is 3.53. The average molecular weight is 270 g/mol. The van der Waals surface area contributed by atoms with E-state index in [-0.39, 0.29) is 0 Å². The summed E-state index contributed by atoms with van der Waals surface area (Å²) >= 11 is 1.65. The van der Waals surface area contributed by atoms with Gasteiger partial charge in [-0.3, -0.25) is 0 Å². The highest BCUT2D eigenvalue weighted by Crippen LogP contribution is 2.12. The van der Waals surface area contributed by atoms with E-state index in [4.69, 9.17) is 4.74 Å². The van der Waals surface area contributed by atoms with Gasteiger partial charge in [-0.15, -0.1) is 17.9 Å². The largest absolute Gasteiger partial charge is 0.389 e. The summed E-state index contributed by atoms with van der Waals surface area (Å²) in [6.45, 7) is 8.06. The molecule has 0 aliphatic rings. The molecular weight excluding hydrogens is 248 g/mol. The van der Waals surface area contributed by atoms with Gasteiger partial charge in [0.15, 0.2) is 0 Å². The van der Waals surface area contributed by atoms with Gasteiger partial charge in [-0.05, 0) is 19.9 Å². The number of rotatable bonds is 10. The Kier molecular flexibility index (Phi) is 7.84. The summed E-state index contributed by atoms with van der Waals surface area (Å²) in [7, 11) is 0. The minimum Gasteiger partial charge on any atom is -0.389 e. The van der Waals surface area contributed by atoms with Crippen molar-refractivity contribution in [1.82, 2.24) is 10.3 Å². The lowest BCUT2D eigenvalue weighted by Crippen LogP contribution is -2.31. The number of aromatic nitrogens is 1. The minimum absolute atomic E-state index is 0.374. The number of thiazole rings is 1. The molecule has 0 amide bonds. The van der Waals surface area contributed by atoms with Crippen molar-refractivity contribution < 1.29 is 9.84 Å². The maximum absolute atomic E-state index is 9.64. The molecule has 0 saturated carbocycles. The van der Waals surface area contributed by atoms with E-state index in [1.54, 1.807) is 11.3 Å². The van der Waals surface area contributed by atoms with Crippen molar-refractivity contribution in [3.05, 3.63) is 28.7 Å². The number of aliphatic hydroxyl groups is 1. The smallest absolute Gasteiger partial charge is 0.0897 e. The maximum atomic E-state index is 9.64. The molecule has 1 heterocycles. The molecule has 2 N–H and O–H groups in total. The predicted molar refractivity (Wildman–Crippen MR) is 75.1 cm³/mol. The van der Waals surface area contributed by atoms with E-state index in [0.717, 1.165) is 25.1 Å². The van der Waals surface area contributed by atoms with E-state index in [1.807, 2.05) is 18.5 Å². The molecule has 0 radical (unpaired) electrons. The van der Waals surface area contributed by atoms with Crippen LogP contribution in [0.1, 0.15) is 17.0 Å². The van der Waals surface area contributed by atoms with Gasteiger partial charge in [0.05, 0.1) is 30.5 Å². The zero-order chi connectivity index (χ0) is 13.2. The van der Waals surface area contributed by atoms with Gasteiger partial charge in [0.2, 0.25) is 0 Å². The summed E-state index contributed by atoms with van der Waals surface area (Å²) in [6, 6.07) is 0. The zero-order valence-corrected chi connectivity index (χ0v) is 11.7. The molecule has 18 heavy (non-hydrogen) atoms. The van der Waals surface area contributed by atoms with E-state index in [0.29, 0.717) is 19.8 Å². The Balaban J connectivity index is 2.00. The predicted octanol–water partition coefficient (Wildman–Crippen LogP) is 1.54. The van der Waals surface area contributed by atoms with Crippen molar-refractivity contribution in [3.63, 3.8) is 0 Å². The van der Waals surface area contributed by atoms with Crippen LogP contribution in [-0.2, 0) is 11.2 Å². The van der Waals surface area contributed by atoms with Crippen LogP contribution in [0.25, 0.3) is 0 Å². The second-order valence-electron chi connectivity index (χ2n) is 4.12. The van der Waals surface area contributed by atoms with Crippen LogP contribution in [0.15, 0.2) is 18.2 Å². The van der Waals surface area contributed by atoms with E-state index in [9.17, 15) is 5.11 Å². The zero-order valence-electron chi connectivity index (χ0n) is 10.9. The Bertz CT molecular complexity index is 341. The first-order chi connectivity index (χ1) is 8.74. The molecule has 0 saturated heterocycles. The Hall–Kier alpha value is -0.750. The summed E-state index contributed by atoms with van der Waals surface area (Å²) in [5.74, 6) is 0. The molecule has 1 rings (SSSR count). The van der Waals surface area contributed by atoms with Gasteiger partial charge in [-0.1, -0.05) is 6.08 Å². The highest BCUT2D eigenvalue weighted by Gasteiger charge is 2.05. The van der Waals surface area contributed by atoms with Crippen LogP contribution >= 0.6 is 11.3 Å². The number of hydrogen-bond acceptors (Lipinski definition) is 5. The SMILES string of the molecule is C=CCCNCC(O)COCCc1scnc1C. The van der Waals surface area contributed by atoms with Crippen LogP contribution < -0.4 is 5.32 Å². The number of aryl methyl sites for hydroxylation is 1. The molecule has 0 aliphatic carbocycles. The number of ether oxygens (including phenoxy) is 1. The standard InChI is InChI=1S/C13H22N2O2S/c1-3-4-6-14-8-12(16)9-17-7-5-13-11(2)15-10-18-13/h3,10,12,14,16H,1,4-9H2,2H3. The number of aliphatic hydroxyl groups excluding tert-OH is 1. The number of nitrogens with zero attached hydrogens (tertiary/aromatic N) is 1. The lowest BCUT2D eigenvalue weighted by atomic mass is 10.3. The van der Waals surface area contributed by atoms with Crippen LogP contribution in [-0.4, -0.2) is 42.5 Å². The second-order valence-corrected chi connectivity index (χ2v) is 5.06. The Morgan fingerprint density at radius 2 is 2.50 bits per heavy atom. The summed E-state index contributed by atoms with van der Waals surface area (Å²) in [4.78, 5) is 5.44. The Morgan fingerprint density at radius 1 is 1.67 bits per heavy atom. The molecule has 0 aliphatic heterocycles. The van der Waals surface area contributed by atoms with Gasteiger partial charge < -0.3 is 15.2 Å². The van der Waals surface area contributed by atoms with Crippen LogP contribution in [0.5, 0.6) is 0 Å². The fourth-order valence-corrected chi connectivity index (χ4v) is 2.24. The molecule has 102 valence electrons. The lowest BCUT2D eigenvalue weighted by Gasteiger charge is -2.11. The molecule has 0 aromatic carbocycles. The van der Waals surface area contributed by atoms with Gasteiger partial charge >= 0.3 is 0 Å². The monoisotopic (exact) mass is 270 g/mol. The van der Waals surface area contributed by atoms with Gasteiger partial charge in [0, 0.05) is 17.8 Å². The van der Waals surface area contributed by atoms with E-state index in [2.05, 4.69) is 16.9 Å². The fourth-order valence-electron chi connectivity index (χ4n) is 1.48.